The van der Waals surface area contributed by atoms with Crippen LogP contribution < -0.4 is 0 Å². The van der Waals surface area contributed by atoms with E-state index >= 15 is 0 Å². The van der Waals surface area contributed by atoms with Crippen LogP contribution in [0.3, 0.4) is 0 Å². The second-order valence-corrected chi connectivity index (χ2v) is 16.3. The molecule has 0 aromatic heterocycles. The van der Waals surface area contributed by atoms with Gasteiger partial charge in [-0.15, -0.1) is 0 Å². The summed E-state index contributed by atoms with van der Waals surface area (Å²) in [7, 11) is -5.10. The molecule has 0 spiro atoms. The molecule has 6 unspecified atom stereocenters. The lowest BCUT2D eigenvalue weighted by molar-refractivity contribution is -0.220. The molecule has 53 heavy (non-hydrogen) atoms. The third-order valence-corrected chi connectivity index (χ3v) is 10.9. The van der Waals surface area contributed by atoms with Crippen molar-refractivity contribution >= 4 is 19.8 Å². The van der Waals surface area contributed by atoms with Gasteiger partial charge < -0.3 is 39.9 Å². The maximum absolute atomic E-state index is 12.7. The van der Waals surface area contributed by atoms with Crippen LogP contribution in [-0.4, -0.2) is 98.3 Å². The summed E-state index contributed by atoms with van der Waals surface area (Å²) in [6.07, 6.45) is 14.7. The number of phosphoric acid groups is 1. The summed E-state index contributed by atoms with van der Waals surface area (Å²) >= 11 is 0. The van der Waals surface area contributed by atoms with E-state index < -0.39 is 75.7 Å². The number of ether oxygens (including phenoxy) is 2. The largest absolute Gasteiger partial charge is 0.472 e. The Balaban J connectivity index is 2.47. The van der Waals surface area contributed by atoms with Crippen LogP contribution >= 0.6 is 7.82 Å². The van der Waals surface area contributed by atoms with E-state index in [-0.39, 0.29) is 12.8 Å². The third kappa shape index (κ3) is 24.2. The molecule has 314 valence electrons. The summed E-state index contributed by atoms with van der Waals surface area (Å²) in [6, 6.07) is 0. The summed E-state index contributed by atoms with van der Waals surface area (Å²) in [5.74, 6) is -1.09. The minimum Gasteiger partial charge on any atom is -0.462 e. The van der Waals surface area contributed by atoms with E-state index in [1.54, 1.807) is 0 Å². The van der Waals surface area contributed by atoms with Crippen molar-refractivity contribution in [2.24, 2.45) is 0 Å². The van der Waals surface area contributed by atoms with Crippen molar-refractivity contribution in [2.75, 3.05) is 13.2 Å². The molecular formula is C39H75O13P. The minimum absolute atomic E-state index is 0.102. The van der Waals surface area contributed by atoms with Crippen molar-refractivity contribution in [1.82, 2.24) is 0 Å². The zero-order chi connectivity index (χ0) is 39.3. The standard InChI is InChI=1S/C39H75O13P/c1-3-5-7-9-11-13-14-15-16-17-18-20-21-23-25-27-32(40)49-29-31(51-33(41)28-26-24-22-19-12-10-8-6-4-2)30-50-53(47,48)52-39-37(45)35(43)34(42)36(44)38(39)46/h31,34-39,42-46H,3-30H2,1-2H3,(H,47,48)/t31-,34?,35-,36?,37?,38?,39?/m1/s1. The molecule has 0 bridgehead atoms. The van der Waals surface area contributed by atoms with Gasteiger partial charge in [-0.25, -0.2) is 4.57 Å². The zero-order valence-corrected chi connectivity index (χ0v) is 33.7. The molecule has 1 fully saturated rings. The first-order valence-electron chi connectivity index (χ1n) is 20.8. The van der Waals surface area contributed by atoms with Crippen LogP contribution in [0, 0.1) is 0 Å². The first-order chi connectivity index (χ1) is 25.4. The van der Waals surface area contributed by atoms with Gasteiger partial charge in [0.05, 0.1) is 6.61 Å². The molecule has 0 radical (unpaired) electrons. The lowest BCUT2D eigenvalue weighted by Gasteiger charge is -2.41. The van der Waals surface area contributed by atoms with Crippen molar-refractivity contribution in [1.29, 1.82) is 0 Å². The van der Waals surface area contributed by atoms with Gasteiger partial charge in [-0.05, 0) is 12.8 Å². The van der Waals surface area contributed by atoms with E-state index in [1.165, 1.54) is 96.3 Å². The van der Waals surface area contributed by atoms with E-state index in [1.807, 2.05) is 0 Å². The fourth-order valence-corrected chi connectivity index (χ4v) is 7.50. The number of phosphoric ester groups is 1. The van der Waals surface area contributed by atoms with Crippen LogP contribution in [0.5, 0.6) is 0 Å². The molecule has 1 aliphatic rings. The van der Waals surface area contributed by atoms with Gasteiger partial charge in [-0.3, -0.25) is 18.6 Å². The molecule has 1 aliphatic carbocycles. The highest BCUT2D eigenvalue weighted by molar-refractivity contribution is 7.47. The van der Waals surface area contributed by atoms with Gasteiger partial charge in [-0.1, -0.05) is 155 Å². The number of hydrogen-bond donors (Lipinski definition) is 6. The highest BCUT2D eigenvalue weighted by atomic mass is 31.2. The van der Waals surface area contributed by atoms with Crippen molar-refractivity contribution in [3.05, 3.63) is 0 Å². The van der Waals surface area contributed by atoms with Gasteiger partial charge in [-0.2, -0.15) is 0 Å². The van der Waals surface area contributed by atoms with E-state index in [0.717, 1.165) is 44.9 Å². The van der Waals surface area contributed by atoms with Gasteiger partial charge in [0, 0.05) is 12.8 Å². The van der Waals surface area contributed by atoms with Crippen molar-refractivity contribution in [3.63, 3.8) is 0 Å². The van der Waals surface area contributed by atoms with Gasteiger partial charge in [0.15, 0.2) is 6.10 Å². The second-order valence-electron chi connectivity index (χ2n) is 14.9. The highest BCUT2D eigenvalue weighted by Crippen LogP contribution is 2.47. The first-order valence-corrected chi connectivity index (χ1v) is 22.3. The molecule has 1 saturated carbocycles. The van der Waals surface area contributed by atoms with Gasteiger partial charge >= 0.3 is 19.8 Å². The molecule has 0 heterocycles. The van der Waals surface area contributed by atoms with Crippen molar-refractivity contribution < 1.29 is 63.1 Å². The molecular weight excluding hydrogens is 707 g/mol. The molecule has 8 atom stereocenters. The third-order valence-electron chi connectivity index (χ3n) is 9.95. The molecule has 0 amide bonds. The van der Waals surface area contributed by atoms with Crippen LogP contribution in [0.25, 0.3) is 0 Å². The Bertz CT molecular complexity index is 954. The van der Waals surface area contributed by atoms with Crippen LogP contribution in [0.2, 0.25) is 0 Å². The van der Waals surface area contributed by atoms with Crippen LogP contribution in [0.1, 0.15) is 181 Å². The Morgan fingerprint density at radius 3 is 1.25 bits per heavy atom. The normalized spacial score (nSPS) is 23.4. The average molecular weight is 783 g/mol. The monoisotopic (exact) mass is 782 g/mol. The second kappa shape index (κ2) is 31.0. The Labute approximate surface area is 319 Å². The lowest BCUT2D eigenvalue weighted by atomic mass is 9.85. The van der Waals surface area contributed by atoms with E-state index in [2.05, 4.69) is 13.8 Å². The van der Waals surface area contributed by atoms with Crippen LogP contribution in [0.15, 0.2) is 0 Å². The molecule has 1 rings (SSSR count). The summed E-state index contributed by atoms with van der Waals surface area (Å²) in [5.41, 5.74) is 0. The van der Waals surface area contributed by atoms with Crippen LogP contribution in [0.4, 0.5) is 0 Å². The Morgan fingerprint density at radius 1 is 0.509 bits per heavy atom. The van der Waals surface area contributed by atoms with Crippen LogP contribution in [-0.2, 0) is 32.7 Å². The van der Waals surface area contributed by atoms with Crippen molar-refractivity contribution in [2.45, 2.75) is 224 Å². The average Bonchev–Trinajstić information content (AvgIpc) is 3.13. The van der Waals surface area contributed by atoms with E-state index in [4.69, 9.17) is 18.5 Å². The molecule has 13 nitrogen and oxygen atoms in total. The topological polar surface area (TPSA) is 210 Å². The van der Waals surface area contributed by atoms with Crippen molar-refractivity contribution in [3.8, 4) is 0 Å². The zero-order valence-electron chi connectivity index (χ0n) is 32.8. The Hall–Kier alpha value is -1.15. The smallest absolute Gasteiger partial charge is 0.462 e. The number of carbonyl (C=O) groups is 2. The minimum atomic E-state index is -5.10. The van der Waals surface area contributed by atoms with E-state index in [9.17, 15) is 44.6 Å². The fourth-order valence-electron chi connectivity index (χ4n) is 6.52. The quantitative estimate of drug-likeness (QED) is 0.0222. The van der Waals surface area contributed by atoms with E-state index in [0.29, 0.717) is 12.8 Å². The molecule has 0 aromatic carbocycles. The molecule has 14 heteroatoms. The summed E-state index contributed by atoms with van der Waals surface area (Å²) in [4.78, 5) is 35.4. The molecule has 0 aliphatic heterocycles. The summed E-state index contributed by atoms with van der Waals surface area (Å²) < 4.78 is 33.3. The van der Waals surface area contributed by atoms with Gasteiger partial charge in [0.1, 0.15) is 43.2 Å². The number of carbonyl (C=O) groups excluding carboxylic acids is 2. The Kier molecular flexibility index (Phi) is 29.2. The van der Waals surface area contributed by atoms with Gasteiger partial charge in [0.25, 0.3) is 0 Å². The lowest BCUT2D eigenvalue weighted by Crippen LogP contribution is -2.64. The predicted octanol–water partition coefficient (Wildman–Crippen LogP) is 6.94. The first kappa shape index (κ1) is 49.9. The number of hydrogen-bond acceptors (Lipinski definition) is 12. The molecule has 0 saturated heterocycles. The van der Waals surface area contributed by atoms with Gasteiger partial charge in [0.2, 0.25) is 0 Å². The maximum atomic E-state index is 12.7. The number of aliphatic hydroxyl groups is 5. The fraction of sp³-hybridized carbons (Fsp3) is 0.949. The Morgan fingerprint density at radius 2 is 0.849 bits per heavy atom. The SMILES string of the molecule is CCCCCCCCCCCCCCCCCC(=O)OC[C@H](COP(=O)(O)OC1C(O)C(O)C(O)[C@@H](O)C1O)OC(=O)CCCCCCCCCCC. The molecule has 6 N–H and O–H groups in total. The number of unbranched alkanes of at least 4 members (excludes halogenated alkanes) is 22. The summed E-state index contributed by atoms with van der Waals surface area (Å²) in [5, 5.41) is 49.9. The number of rotatable bonds is 34. The number of esters is 2. The number of aliphatic hydroxyl groups excluding tert-OH is 5. The maximum Gasteiger partial charge on any atom is 0.472 e. The summed E-state index contributed by atoms with van der Waals surface area (Å²) in [6.45, 7) is 3.26. The predicted molar refractivity (Wildman–Crippen MR) is 203 cm³/mol. The molecule has 0 aromatic rings. The highest BCUT2D eigenvalue weighted by Gasteiger charge is 2.51.